The van der Waals surface area contributed by atoms with Gasteiger partial charge in [-0.15, -0.1) is 11.8 Å². The van der Waals surface area contributed by atoms with Crippen molar-refractivity contribution in [1.29, 1.82) is 0 Å². The van der Waals surface area contributed by atoms with Crippen LogP contribution in [0.3, 0.4) is 0 Å². The van der Waals surface area contributed by atoms with Crippen molar-refractivity contribution in [2.75, 3.05) is 5.75 Å². The minimum absolute atomic E-state index is 0.0340. The van der Waals surface area contributed by atoms with Gasteiger partial charge in [-0.1, -0.05) is 121 Å². The van der Waals surface area contributed by atoms with E-state index >= 15 is 0 Å². The summed E-state index contributed by atoms with van der Waals surface area (Å²) in [7, 11) is 0. The number of hydrazine groups is 1. The summed E-state index contributed by atoms with van der Waals surface area (Å²) < 4.78 is 9.94. The topological polar surface area (TPSA) is 106 Å². The molecule has 8 nitrogen and oxygen atoms in total. The van der Waals surface area contributed by atoms with Crippen LogP contribution < -0.4 is 16.2 Å². The number of alkyl carbamates (subject to hydrolysis) is 1. The third-order valence-electron chi connectivity index (χ3n) is 6.52. The molecule has 4 aromatic carbocycles. The second-order valence-electron chi connectivity index (χ2n) is 11.0. The number of benzene rings is 4. The van der Waals surface area contributed by atoms with Crippen molar-refractivity contribution in [2.45, 2.75) is 43.8 Å². The Labute approximate surface area is 262 Å². The molecule has 3 amide bonds. The Kier molecular flexibility index (Phi) is 11.0. The Morgan fingerprint density at radius 2 is 1.11 bits per heavy atom. The Morgan fingerprint density at radius 3 is 1.57 bits per heavy atom. The van der Waals surface area contributed by atoms with E-state index in [2.05, 4.69) is 16.2 Å². The standard InChI is InChI=1S/C35H37N3O5S/c1-34(2,3)43-33(41)38-37-31(39)30(36-32(40)42-24-26-16-8-4-9-17-26)25-44-35(27-18-10-5-11-19-27,28-20-12-6-13-21-28)29-22-14-7-15-23-29/h4-23,30H,24-25H2,1-3H3,(H,36,40)(H,37,39)(H,38,41). The van der Waals surface area contributed by atoms with E-state index in [-0.39, 0.29) is 12.4 Å². The minimum Gasteiger partial charge on any atom is -0.445 e. The Morgan fingerprint density at radius 1 is 0.659 bits per heavy atom. The number of rotatable bonds is 10. The molecule has 1 unspecified atom stereocenters. The van der Waals surface area contributed by atoms with Gasteiger partial charge in [0.2, 0.25) is 0 Å². The van der Waals surface area contributed by atoms with Gasteiger partial charge in [-0.3, -0.25) is 10.2 Å². The molecule has 0 saturated heterocycles. The summed E-state index contributed by atoms with van der Waals surface area (Å²) >= 11 is 1.49. The Bertz CT molecular complexity index is 1400. The lowest BCUT2D eigenvalue weighted by molar-refractivity contribution is -0.123. The average molecular weight is 612 g/mol. The second-order valence-corrected chi connectivity index (χ2v) is 12.2. The van der Waals surface area contributed by atoms with Crippen LogP contribution in [0.2, 0.25) is 0 Å². The maximum absolute atomic E-state index is 13.5. The molecule has 0 radical (unpaired) electrons. The molecule has 0 fully saturated rings. The number of ether oxygens (including phenoxy) is 2. The number of amides is 3. The molecular weight excluding hydrogens is 574 g/mol. The fourth-order valence-corrected chi connectivity index (χ4v) is 6.13. The zero-order chi connectivity index (χ0) is 31.4. The van der Waals surface area contributed by atoms with Gasteiger partial charge in [0.15, 0.2) is 0 Å². The highest BCUT2D eigenvalue weighted by molar-refractivity contribution is 8.00. The first-order valence-electron chi connectivity index (χ1n) is 14.2. The second kappa shape index (κ2) is 15.1. The summed E-state index contributed by atoms with van der Waals surface area (Å²) in [5, 5.41) is 2.70. The molecule has 4 aromatic rings. The van der Waals surface area contributed by atoms with Crippen molar-refractivity contribution in [3.05, 3.63) is 144 Å². The average Bonchev–Trinajstić information content (AvgIpc) is 3.03. The van der Waals surface area contributed by atoms with Crippen LogP contribution in [-0.2, 0) is 25.6 Å². The summed E-state index contributed by atoms with van der Waals surface area (Å²) in [5.41, 5.74) is 7.72. The molecule has 0 aromatic heterocycles. The molecular formula is C35H37N3O5S. The zero-order valence-corrected chi connectivity index (χ0v) is 25.8. The highest BCUT2D eigenvalue weighted by atomic mass is 32.2. The van der Waals surface area contributed by atoms with Gasteiger partial charge in [-0.05, 0) is 43.0 Å². The molecule has 0 spiro atoms. The number of thioether (sulfide) groups is 1. The van der Waals surface area contributed by atoms with Crippen molar-refractivity contribution in [1.82, 2.24) is 16.2 Å². The van der Waals surface area contributed by atoms with Gasteiger partial charge < -0.3 is 14.8 Å². The monoisotopic (exact) mass is 611 g/mol. The molecule has 9 heteroatoms. The lowest BCUT2D eigenvalue weighted by Gasteiger charge is -2.36. The quantitative estimate of drug-likeness (QED) is 0.139. The van der Waals surface area contributed by atoms with E-state index in [0.717, 1.165) is 22.3 Å². The van der Waals surface area contributed by atoms with Crippen molar-refractivity contribution >= 4 is 29.9 Å². The lowest BCUT2D eigenvalue weighted by atomic mass is 9.84. The van der Waals surface area contributed by atoms with Crippen LogP contribution >= 0.6 is 11.8 Å². The predicted octanol–water partition coefficient (Wildman–Crippen LogP) is 6.56. The van der Waals surface area contributed by atoms with Gasteiger partial charge in [0.1, 0.15) is 18.2 Å². The molecule has 0 heterocycles. The summed E-state index contributed by atoms with van der Waals surface area (Å²) in [4.78, 5) is 38.7. The highest BCUT2D eigenvalue weighted by Gasteiger charge is 2.38. The van der Waals surface area contributed by atoms with Gasteiger partial charge in [-0.25, -0.2) is 15.0 Å². The van der Waals surface area contributed by atoms with Gasteiger partial charge >= 0.3 is 12.2 Å². The first-order valence-corrected chi connectivity index (χ1v) is 15.2. The first kappa shape index (κ1) is 32.2. The maximum Gasteiger partial charge on any atom is 0.426 e. The Balaban J connectivity index is 1.63. The predicted molar refractivity (Wildman–Crippen MR) is 173 cm³/mol. The largest absolute Gasteiger partial charge is 0.445 e. The minimum atomic E-state index is -1.09. The summed E-state index contributed by atoms with van der Waals surface area (Å²) in [6.45, 7) is 5.18. The molecule has 4 rings (SSSR count). The van der Waals surface area contributed by atoms with E-state index in [1.165, 1.54) is 11.8 Å². The van der Waals surface area contributed by atoms with Crippen LogP contribution in [0.25, 0.3) is 0 Å². The fraction of sp³-hybridized carbons (Fsp3) is 0.229. The van der Waals surface area contributed by atoms with Crippen LogP contribution in [0.5, 0.6) is 0 Å². The van der Waals surface area contributed by atoms with Crippen molar-refractivity contribution in [3.8, 4) is 0 Å². The number of carbonyl (C=O) groups excluding carboxylic acids is 3. The van der Waals surface area contributed by atoms with E-state index in [0.29, 0.717) is 0 Å². The third kappa shape index (κ3) is 8.87. The molecule has 1 atom stereocenters. The third-order valence-corrected chi connectivity index (χ3v) is 8.16. The zero-order valence-electron chi connectivity index (χ0n) is 25.0. The van der Waals surface area contributed by atoms with Gasteiger partial charge in [0.25, 0.3) is 5.91 Å². The number of carbonyl (C=O) groups is 3. The molecule has 228 valence electrons. The van der Waals surface area contributed by atoms with Gasteiger partial charge in [0, 0.05) is 5.75 Å². The number of hydrogen-bond donors (Lipinski definition) is 3. The molecule has 0 bridgehead atoms. The van der Waals surface area contributed by atoms with E-state index < -0.39 is 34.5 Å². The fourth-order valence-electron chi connectivity index (χ4n) is 4.57. The molecule has 0 aliphatic rings. The molecule has 3 N–H and O–H groups in total. The van der Waals surface area contributed by atoms with E-state index in [1.807, 2.05) is 121 Å². The maximum atomic E-state index is 13.5. The lowest BCUT2D eigenvalue weighted by Crippen LogP contribution is -2.54. The van der Waals surface area contributed by atoms with Crippen LogP contribution in [0.1, 0.15) is 43.0 Å². The SMILES string of the molecule is CC(C)(C)OC(=O)NNC(=O)C(CSC(c1ccccc1)(c1ccccc1)c1ccccc1)NC(=O)OCc1ccccc1. The van der Waals surface area contributed by atoms with Crippen LogP contribution in [0.15, 0.2) is 121 Å². The van der Waals surface area contributed by atoms with E-state index in [1.54, 1.807) is 20.8 Å². The molecule has 0 aliphatic carbocycles. The summed E-state index contributed by atoms with van der Waals surface area (Å²) in [6, 6.07) is 38.2. The van der Waals surface area contributed by atoms with E-state index in [4.69, 9.17) is 9.47 Å². The van der Waals surface area contributed by atoms with Gasteiger partial charge in [0.05, 0.1) is 4.75 Å². The van der Waals surface area contributed by atoms with Crippen molar-refractivity contribution < 1.29 is 23.9 Å². The smallest absolute Gasteiger partial charge is 0.426 e. The van der Waals surface area contributed by atoms with Crippen molar-refractivity contribution in [2.24, 2.45) is 0 Å². The van der Waals surface area contributed by atoms with Crippen LogP contribution in [0, 0.1) is 0 Å². The van der Waals surface area contributed by atoms with Crippen LogP contribution in [0.4, 0.5) is 9.59 Å². The van der Waals surface area contributed by atoms with E-state index in [9.17, 15) is 14.4 Å². The molecule has 44 heavy (non-hydrogen) atoms. The number of nitrogens with one attached hydrogen (secondary N) is 3. The van der Waals surface area contributed by atoms with Gasteiger partial charge in [-0.2, -0.15) is 0 Å². The molecule has 0 saturated carbocycles. The molecule has 0 aliphatic heterocycles. The summed E-state index contributed by atoms with van der Waals surface area (Å²) in [5.74, 6) is -0.510. The normalized spacial score (nSPS) is 12.0. The van der Waals surface area contributed by atoms with Crippen molar-refractivity contribution in [3.63, 3.8) is 0 Å². The Hall–Kier alpha value is -4.76. The summed E-state index contributed by atoms with van der Waals surface area (Å²) in [6.07, 6.45) is -1.59. The van der Waals surface area contributed by atoms with Crippen LogP contribution in [-0.4, -0.2) is 35.5 Å². The first-order chi connectivity index (χ1) is 21.2. The highest BCUT2D eigenvalue weighted by Crippen LogP contribution is 2.48. The number of hydrogen-bond acceptors (Lipinski definition) is 6.